The zero-order valence-electron chi connectivity index (χ0n) is 10.4. The summed E-state index contributed by atoms with van der Waals surface area (Å²) in [6, 6.07) is 6.25. The molecule has 0 saturated carbocycles. The summed E-state index contributed by atoms with van der Waals surface area (Å²) in [6.07, 6.45) is 0. The van der Waals surface area contributed by atoms with Crippen LogP contribution in [0.5, 0.6) is 0 Å². The lowest BCUT2D eigenvalue weighted by atomic mass is 10.1. The number of aryl methyl sites for hydroxylation is 2. The van der Waals surface area contributed by atoms with Crippen LogP contribution in [0.25, 0.3) is 0 Å². The predicted molar refractivity (Wildman–Crippen MR) is 66.3 cm³/mol. The van der Waals surface area contributed by atoms with Crippen LogP contribution in [0, 0.1) is 13.8 Å². The Labute approximate surface area is 97.2 Å². The van der Waals surface area contributed by atoms with Crippen molar-refractivity contribution in [3.63, 3.8) is 0 Å². The van der Waals surface area contributed by atoms with Crippen LogP contribution in [-0.4, -0.2) is 19.0 Å². The molecular formula is C13H20N2O. The summed E-state index contributed by atoms with van der Waals surface area (Å²) in [7, 11) is 1.65. The lowest BCUT2D eigenvalue weighted by Crippen LogP contribution is -2.40. The highest BCUT2D eigenvalue weighted by atomic mass is 16.2. The second-order valence-electron chi connectivity index (χ2n) is 4.21. The third kappa shape index (κ3) is 3.66. The largest absolute Gasteiger partial charge is 0.358 e. The number of hydrogen-bond acceptors (Lipinski definition) is 2. The number of rotatable bonds is 4. The minimum absolute atomic E-state index is 0.0179. The standard InChI is InChI=1S/C13H20N2O/c1-9-5-10(2)7-12(6-9)8-15-11(3)13(16)14-4/h5-7,11,15H,8H2,1-4H3,(H,14,16). The van der Waals surface area contributed by atoms with E-state index >= 15 is 0 Å². The van der Waals surface area contributed by atoms with Crippen LogP contribution in [0.15, 0.2) is 18.2 Å². The summed E-state index contributed by atoms with van der Waals surface area (Å²) in [5.74, 6) is 0.0179. The Morgan fingerprint density at radius 2 is 1.81 bits per heavy atom. The van der Waals surface area contributed by atoms with Gasteiger partial charge in [-0.3, -0.25) is 4.79 Å². The van der Waals surface area contributed by atoms with Gasteiger partial charge in [0.15, 0.2) is 0 Å². The first kappa shape index (κ1) is 12.7. The van der Waals surface area contributed by atoms with Gasteiger partial charge in [0.05, 0.1) is 6.04 Å². The molecule has 0 saturated heterocycles. The van der Waals surface area contributed by atoms with E-state index in [0.29, 0.717) is 0 Å². The van der Waals surface area contributed by atoms with E-state index in [-0.39, 0.29) is 11.9 Å². The Hall–Kier alpha value is -1.35. The minimum Gasteiger partial charge on any atom is -0.358 e. The van der Waals surface area contributed by atoms with Crippen molar-refractivity contribution < 1.29 is 4.79 Å². The monoisotopic (exact) mass is 220 g/mol. The van der Waals surface area contributed by atoms with Crippen LogP contribution in [0.1, 0.15) is 23.6 Å². The molecule has 0 radical (unpaired) electrons. The molecule has 1 unspecified atom stereocenters. The third-order valence-corrected chi connectivity index (χ3v) is 2.53. The molecule has 0 aliphatic heterocycles. The maximum atomic E-state index is 11.3. The molecule has 3 nitrogen and oxygen atoms in total. The molecule has 0 bridgehead atoms. The van der Waals surface area contributed by atoms with E-state index in [4.69, 9.17) is 0 Å². The van der Waals surface area contributed by atoms with E-state index in [1.165, 1.54) is 16.7 Å². The fraction of sp³-hybridized carbons (Fsp3) is 0.462. The first-order valence-corrected chi connectivity index (χ1v) is 5.55. The number of amides is 1. The number of nitrogens with one attached hydrogen (secondary N) is 2. The molecule has 2 N–H and O–H groups in total. The summed E-state index contributed by atoms with van der Waals surface area (Å²) in [6.45, 7) is 6.75. The smallest absolute Gasteiger partial charge is 0.236 e. The number of benzene rings is 1. The number of likely N-dealkylation sites (N-methyl/N-ethyl adjacent to an activating group) is 1. The summed E-state index contributed by atoms with van der Waals surface area (Å²) < 4.78 is 0. The van der Waals surface area contributed by atoms with Crippen LogP contribution in [0.2, 0.25) is 0 Å². The summed E-state index contributed by atoms with van der Waals surface area (Å²) in [5, 5.41) is 5.81. The highest BCUT2D eigenvalue weighted by Crippen LogP contribution is 2.08. The van der Waals surface area contributed by atoms with Gasteiger partial charge in [-0.1, -0.05) is 29.3 Å². The lowest BCUT2D eigenvalue weighted by Gasteiger charge is -2.12. The molecule has 1 atom stereocenters. The van der Waals surface area contributed by atoms with Gasteiger partial charge < -0.3 is 10.6 Å². The highest BCUT2D eigenvalue weighted by molar-refractivity contribution is 5.80. The van der Waals surface area contributed by atoms with Crippen molar-refractivity contribution in [1.82, 2.24) is 10.6 Å². The van der Waals surface area contributed by atoms with Crippen LogP contribution >= 0.6 is 0 Å². The molecule has 88 valence electrons. The van der Waals surface area contributed by atoms with Crippen LogP contribution < -0.4 is 10.6 Å². The first-order chi connectivity index (χ1) is 7.52. The van der Waals surface area contributed by atoms with Gasteiger partial charge in [0.1, 0.15) is 0 Å². The second-order valence-corrected chi connectivity index (χ2v) is 4.21. The van der Waals surface area contributed by atoms with Crippen molar-refractivity contribution in [3.8, 4) is 0 Å². The Bertz CT molecular complexity index is 354. The van der Waals surface area contributed by atoms with Gasteiger partial charge in [-0.15, -0.1) is 0 Å². The molecule has 0 aliphatic rings. The SMILES string of the molecule is CNC(=O)C(C)NCc1cc(C)cc(C)c1. The molecule has 1 amide bonds. The maximum absolute atomic E-state index is 11.3. The van der Waals surface area contributed by atoms with Crippen molar-refractivity contribution >= 4 is 5.91 Å². The van der Waals surface area contributed by atoms with Crippen molar-refractivity contribution in [1.29, 1.82) is 0 Å². The third-order valence-electron chi connectivity index (χ3n) is 2.53. The van der Waals surface area contributed by atoms with Crippen molar-refractivity contribution in [2.75, 3.05) is 7.05 Å². The fourth-order valence-electron chi connectivity index (χ4n) is 1.75. The van der Waals surface area contributed by atoms with Gasteiger partial charge in [0.25, 0.3) is 0 Å². The van der Waals surface area contributed by atoms with E-state index in [1.807, 2.05) is 6.92 Å². The molecule has 1 aromatic carbocycles. The van der Waals surface area contributed by atoms with E-state index < -0.39 is 0 Å². The molecule has 0 aliphatic carbocycles. The minimum atomic E-state index is -0.161. The Morgan fingerprint density at radius 1 is 1.25 bits per heavy atom. The number of hydrogen-bond donors (Lipinski definition) is 2. The molecule has 16 heavy (non-hydrogen) atoms. The Morgan fingerprint density at radius 3 is 2.31 bits per heavy atom. The highest BCUT2D eigenvalue weighted by Gasteiger charge is 2.09. The quantitative estimate of drug-likeness (QED) is 0.808. The van der Waals surface area contributed by atoms with E-state index in [0.717, 1.165) is 6.54 Å². The van der Waals surface area contributed by atoms with E-state index in [1.54, 1.807) is 7.05 Å². The summed E-state index contributed by atoms with van der Waals surface area (Å²) in [5.41, 5.74) is 3.72. The molecule has 1 aromatic rings. The van der Waals surface area contributed by atoms with Gasteiger partial charge in [0.2, 0.25) is 5.91 Å². The van der Waals surface area contributed by atoms with Crippen LogP contribution in [0.4, 0.5) is 0 Å². The molecule has 3 heteroatoms. The van der Waals surface area contributed by atoms with E-state index in [9.17, 15) is 4.79 Å². The Kier molecular flexibility index (Phi) is 4.50. The van der Waals surface area contributed by atoms with Gasteiger partial charge in [0, 0.05) is 13.6 Å². The van der Waals surface area contributed by atoms with Gasteiger partial charge >= 0.3 is 0 Å². The zero-order valence-corrected chi connectivity index (χ0v) is 10.4. The maximum Gasteiger partial charge on any atom is 0.236 e. The molecule has 0 spiro atoms. The molecule has 0 heterocycles. The van der Waals surface area contributed by atoms with Crippen molar-refractivity contribution in [2.24, 2.45) is 0 Å². The van der Waals surface area contributed by atoms with Gasteiger partial charge in [-0.2, -0.15) is 0 Å². The number of carbonyl (C=O) groups is 1. The normalized spacial score (nSPS) is 12.2. The second kappa shape index (κ2) is 5.66. The van der Waals surface area contributed by atoms with Crippen molar-refractivity contribution in [3.05, 3.63) is 34.9 Å². The average Bonchev–Trinajstić information content (AvgIpc) is 2.23. The fourth-order valence-corrected chi connectivity index (χ4v) is 1.75. The first-order valence-electron chi connectivity index (χ1n) is 5.55. The van der Waals surface area contributed by atoms with Crippen molar-refractivity contribution in [2.45, 2.75) is 33.4 Å². The zero-order chi connectivity index (χ0) is 12.1. The molecule has 1 rings (SSSR count). The average molecular weight is 220 g/mol. The summed E-state index contributed by atoms with van der Waals surface area (Å²) >= 11 is 0. The van der Waals surface area contributed by atoms with E-state index in [2.05, 4.69) is 42.7 Å². The Balaban J connectivity index is 2.57. The van der Waals surface area contributed by atoms with Gasteiger partial charge in [-0.05, 0) is 26.3 Å². The van der Waals surface area contributed by atoms with Crippen LogP contribution in [-0.2, 0) is 11.3 Å². The topological polar surface area (TPSA) is 41.1 Å². The molecule has 0 aromatic heterocycles. The van der Waals surface area contributed by atoms with Gasteiger partial charge in [-0.25, -0.2) is 0 Å². The lowest BCUT2D eigenvalue weighted by molar-refractivity contribution is -0.122. The molecule has 0 fully saturated rings. The summed E-state index contributed by atoms with van der Waals surface area (Å²) in [4.78, 5) is 11.3. The van der Waals surface area contributed by atoms with Crippen LogP contribution in [0.3, 0.4) is 0 Å². The number of carbonyl (C=O) groups excluding carboxylic acids is 1. The predicted octanol–water partition coefficient (Wildman–Crippen LogP) is 1.53. The molecular weight excluding hydrogens is 200 g/mol.